The van der Waals surface area contributed by atoms with Crippen LogP contribution in [0.3, 0.4) is 0 Å². The quantitative estimate of drug-likeness (QED) is 0.732. The summed E-state index contributed by atoms with van der Waals surface area (Å²) in [6, 6.07) is 10.9. The van der Waals surface area contributed by atoms with E-state index in [9.17, 15) is 5.26 Å². The molecule has 0 amide bonds. The van der Waals surface area contributed by atoms with E-state index in [1.807, 2.05) is 18.2 Å². The molecule has 2 aromatic rings. The van der Waals surface area contributed by atoms with Gasteiger partial charge in [-0.2, -0.15) is 26.3 Å². The lowest BCUT2D eigenvalue weighted by Crippen LogP contribution is -2.08. The third-order valence-electron chi connectivity index (χ3n) is 3.54. The molecule has 0 atom stereocenters. The number of nitrogens with zero attached hydrogens (tertiary/aromatic N) is 9. The molecule has 2 N–H and O–H groups in total. The standard InChI is InChI=1S/C17H7N11/c18-3-1-9-5-11(24-14(23-9)2-4-19)10(6-20)15-27-16-17(28-15)26-13(8-22)12(7-21)25-16/h5H,1-2H2,(H,25,27)(H,26,28). The molecular formula is C17H7N11. The maximum absolute atomic E-state index is 9.64. The summed E-state index contributed by atoms with van der Waals surface area (Å²) >= 11 is 0. The number of allylic oxidation sites excluding steroid dienone is 1. The van der Waals surface area contributed by atoms with Crippen molar-refractivity contribution in [1.29, 1.82) is 26.3 Å². The molecule has 2 aromatic heterocycles. The van der Waals surface area contributed by atoms with Gasteiger partial charge in [0.05, 0.1) is 36.4 Å². The number of fused-ring (bicyclic) bond motifs is 1. The molecule has 28 heavy (non-hydrogen) atoms. The third kappa shape index (κ3) is 3.21. The molecule has 0 radical (unpaired) electrons. The molecule has 0 fully saturated rings. The Labute approximate surface area is 158 Å². The van der Waals surface area contributed by atoms with Crippen LogP contribution in [0.15, 0.2) is 11.9 Å². The second kappa shape index (κ2) is 7.45. The highest BCUT2D eigenvalue weighted by atomic mass is 15.3. The highest BCUT2D eigenvalue weighted by Gasteiger charge is 2.25. The number of hydrogen-bond donors (Lipinski definition) is 2. The second-order valence-corrected chi connectivity index (χ2v) is 5.28. The lowest BCUT2D eigenvalue weighted by atomic mass is 10.1. The van der Waals surface area contributed by atoms with Crippen LogP contribution < -0.4 is 10.6 Å². The van der Waals surface area contributed by atoms with Gasteiger partial charge in [-0.1, -0.05) is 0 Å². The van der Waals surface area contributed by atoms with Gasteiger partial charge in [0.2, 0.25) is 0 Å². The van der Waals surface area contributed by atoms with E-state index >= 15 is 0 Å². The fraction of sp³-hybridized carbons (Fsp3) is 0.118. The smallest absolute Gasteiger partial charge is 0.179 e. The normalized spacial score (nSPS) is 10.8. The first kappa shape index (κ1) is 17.8. The van der Waals surface area contributed by atoms with Gasteiger partial charge in [0.25, 0.3) is 0 Å². The van der Waals surface area contributed by atoms with Crippen LogP contribution in [0.5, 0.6) is 0 Å². The zero-order valence-electron chi connectivity index (χ0n) is 14.0. The van der Waals surface area contributed by atoms with Crippen LogP contribution in [0.25, 0.3) is 5.57 Å². The van der Waals surface area contributed by atoms with E-state index in [4.69, 9.17) is 21.0 Å². The van der Waals surface area contributed by atoms with Crippen LogP contribution in [0.1, 0.15) is 28.6 Å². The fourth-order valence-electron chi connectivity index (χ4n) is 2.40. The van der Waals surface area contributed by atoms with E-state index in [-0.39, 0.29) is 58.8 Å². The first-order valence-corrected chi connectivity index (χ1v) is 7.65. The number of aromatic nitrogens is 4. The molecule has 0 bridgehead atoms. The summed E-state index contributed by atoms with van der Waals surface area (Å²) in [7, 11) is 0. The monoisotopic (exact) mass is 365 g/mol. The van der Waals surface area contributed by atoms with Crippen LogP contribution in [-0.2, 0) is 12.8 Å². The van der Waals surface area contributed by atoms with Crippen molar-refractivity contribution in [3.8, 4) is 30.3 Å². The Morgan fingerprint density at radius 3 is 1.93 bits per heavy atom. The van der Waals surface area contributed by atoms with Crippen molar-refractivity contribution in [2.24, 2.45) is 0 Å². The number of nitriles is 5. The Hall–Kier alpha value is -5.05. The molecule has 0 spiro atoms. The van der Waals surface area contributed by atoms with Crippen LogP contribution >= 0.6 is 0 Å². The molecule has 130 valence electrons. The van der Waals surface area contributed by atoms with Crippen LogP contribution in [0.2, 0.25) is 0 Å². The summed E-state index contributed by atoms with van der Waals surface area (Å²) in [5.74, 6) is 0.744. The van der Waals surface area contributed by atoms with Crippen LogP contribution in [0.4, 0.5) is 11.6 Å². The van der Waals surface area contributed by atoms with Crippen molar-refractivity contribution < 1.29 is 0 Å². The van der Waals surface area contributed by atoms with Crippen molar-refractivity contribution in [2.45, 2.75) is 12.8 Å². The van der Waals surface area contributed by atoms with Gasteiger partial charge in [-0.25, -0.2) is 19.9 Å². The van der Waals surface area contributed by atoms with Gasteiger partial charge >= 0.3 is 0 Å². The fourth-order valence-corrected chi connectivity index (χ4v) is 2.40. The minimum atomic E-state index is -0.148. The van der Waals surface area contributed by atoms with Crippen molar-refractivity contribution in [1.82, 2.24) is 19.9 Å². The molecule has 0 saturated carbocycles. The van der Waals surface area contributed by atoms with Gasteiger partial charge in [-0.15, -0.1) is 0 Å². The van der Waals surface area contributed by atoms with E-state index in [0.29, 0.717) is 5.69 Å². The Morgan fingerprint density at radius 2 is 1.43 bits per heavy atom. The average Bonchev–Trinajstić information content (AvgIpc) is 3.10. The maximum Gasteiger partial charge on any atom is 0.179 e. The average molecular weight is 365 g/mol. The Bertz CT molecular complexity index is 1140. The molecule has 1 aliphatic heterocycles. The molecular weight excluding hydrogens is 358 g/mol. The topological polar surface area (TPSA) is 195 Å². The molecule has 0 saturated heterocycles. The van der Waals surface area contributed by atoms with Crippen molar-refractivity contribution >= 4 is 17.2 Å². The van der Waals surface area contributed by atoms with E-state index in [1.54, 1.807) is 12.1 Å². The maximum atomic E-state index is 9.64. The first-order valence-electron chi connectivity index (χ1n) is 7.65. The lowest BCUT2D eigenvalue weighted by molar-refractivity contribution is 0.935. The number of nitrogens with one attached hydrogen (secondary N) is 2. The predicted molar refractivity (Wildman–Crippen MR) is 91.9 cm³/mol. The summed E-state index contributed by atoms with van der Waals surface area (Å²) < 4.78 is 0. The molecule has 3 heterocycles. The minimum Gasteiger partial charge on any atom is -0.322 e. The summed E-state index contributed by atoms with van der Waals surface area (Å²) in [6.07, 6.45) is -0.0925. The van der Waals surface area contributed by atoms with Gasteiger partial charge in [-0.05, 0) is 6.07 Å². The second-order valence-electron chi connectivity index (χ2n) is 5.28. The van der Waals surface area contributed by atoms with E-state index in [0.717, 1.165) is 0 Å². The zero-order valence-corrected chi connectivity index (χ0v) is 14.0. The summed E-state index contributed by atoms with van der Waals surface area (Å²) in [5, 5.41) is 51.2. The zero-order chi connectivity index (χ0) is 20.1. The predicted octanol–water partition coefficient (Wildman–Crippen LogP) is 0.872. The Kier molecular flexibility index (Phi) is 4.73. The minimum absolute atomic E-state index is 0.0107. The number of rotatable bonds is 3. The highest BCUT2D eigenvalue weighted by molar-refractivity contribution is 5.87. The Morgan fingerprint density at radius 1 is 0.821 bits per heavy atom. The molecule has 11 heteroatoms. The van der Waals surface area contributed by atoms with Gasteiger partial charge < -0.3 is 10.6 Å². The van der Waals surface area contributed by atoms with Gasteiger partial charge in [-0.3, -0.25) is 0 Å². The number of hydrogen-bond acceptors (Lipinski definition) is 11. The third-order valence-corrected chi connectivity index (χ3v) is 3.54. The van der Waals surface area contributed by atoms with Crippen molar-refractivity contribution in [3.05, 3.63) is 40.5 Å². The molecule has 0 aliphatic carbocycles. The SMILES string of the molecule is N#CCc1cc(C(C#N)=C2Nc3nc(C#N)c(C#N)nc3N2)nc(CC#N)n1. The van der Waals surface area contributed by atoms with Gasteiger partial charge in [0, 0.05) is 0 Å². The number of anilines is 2. The van der Waals surface area contributed by atoms with Gasteiger partial charge in [0.15, 0.2) is 23.0 Å². The molecule has 3 rings (SSSR count). The van der Waals surface area contributed by atoms with Crippen molar-refractivity contribution in [3.63, 3.8) is 0 Å². The first-order chi connectivity index (χ1) is 13.6. The summed E-state index contributed by atoms with van der Waals surface area (Å²) in [5.41, 5.74) is 0.348. The van der Waals surface area contributed by atoms with E-state index < -0.39 is 0 Å². The van der Waals surface area contributed by atoms with E-state index in [2.05, 4.69) is 30.6 Å². The largest absolute Gasteiger partial charge is 0.322 e. The Balaban J connectivity index is 2.10. The van der Waals surface area contributed by atoms with Crippen molar-refractivity contribution in [2.75, 3.05) is 10.6 Å². The molecule has 0 aromatic carbocycles. The molecule has 11 nitrogen and oxygen atoms in total. The van der Waals surface area contributed by atoms with E-state index in [1.165, 1.54) is 6.07 Å². The molecule has 0 unspecified atom stereocenters. The van der Waals surface area contributed by atoms with Gasteiger partial charge in [0.1, 0.15) is 35.4 Å². The van der Waals surface area contributed by atoms with Crippen LogP contribution in [-0.4, -0.2) is 19.9 Å². The lowest BCUT2D eigenvalue weighted by Gasteiger charge is -2.07. The summed E-state index contributed by atoms with van der Waals surface area (Å²) in [4.78, 5) is 16.3. The van der Waals surface area contributed by atoms with Crippen LogP contribution in [0, 0.1) is 56.7 Å². The highest BCUT2D eigenvalue weighted by Crippen LogP contribution is 2.31. The molecule has 1 aliphatic rings. The summed E-state index contributed by atoms with van der Waals surface area (Å²) in [6.45, 7) is 0.